The molecule has 4 nitrogen and oxygen atoms in total. The molecule has 2 aliphatic heterocycles. The first kappa shape index (κ1) is 11.3. The molecular weight excluding hydrogens is 238 g/mol. The van der Waals surface area contributed by atoms with Gasteiger partial charge < -0.3 is 15.0 Å². The van der Waals surface area contributed by atoms with Crippen LogP contribution < -0.4 is 5.73 Å². The monoisotopic (exact) mass is 257 g/mol. The molecule has 19 heavy (non-hydrogen) atoms. The molecular formula is C15H19N3O. The maximum absolute atomic E-state index is 5.82. The molecule has 2 aromatic rings. The maximum Gasteiger partial charge on any atom is 0.0718 e. The Hall–Kier alpha value is -1.52. The second-order valence-corrected chi connectivity index (χ2v) is 5.67. The average molecular weight is 257 g/mol. The molecule has 0 radical (unpaired) electrons. The Morgan fingerprint density at radius 3 is 3.00 bits per heavy atom. The quantitative estimate of drug-likeness (QED) is 0.851. The Balaban J connectivity index is 1.49. The van der Waals surface area contributed by atoms with Crippen molar-refractivity contribution < 1.29 is 4.74 Å². The number of nitrogens with two attached hydrogens (primary N) is 1. The number of nitrogens with zero attached hydrogens (tertiary/aromatic N) is 2. The van der Waals surface area contributed by atoms with E-state index in [1.54, 1.807) is 0 Å². The Morgan fingerprint density at radius 1 is 1.26 bits per heavy atom. The topological polar surface area (TPSA) is 43.4 Å². The number of hydrogen-bond acceptors (Lipinski definition) is 3. The van der Waals surface area contributed by atoms with Gasteiger partial charge in [-0.05, 0) is 30.7 Å². The number of ether oxygens (including phenoxy) is 1. The van der Waals surface area contributed by atoms with Crippen molar-refractivity contribution in [2.45, 2.75) is 25.1 Å². The highest BCUT2D eigenvalue weighted by atomic mass is 16.5. The maximum atomic E-state index is 5.82. The van der Waals surface area contributed by atoms with E-state index in [1.165, 1.54) is 17.3 Å². The minimum absolute atomic E-state index is 0.492. The van der Waals surface area contributed by atoms with E-state index in [0.717, 1.165) is 31.9 Å². The summed E-state index contributed by atoms with van der Waals surface area (Å²) in [7, 11) is 0. The minimum Gasteiger partial charge on any atom is -0.399 e. The van der Waals surface area contributed by atoms with Gasteiger partial charge in [0, 0.05) is 48.5 Å². The first-order chi connectivity index (χ1) is 9.29. The van der Waals surface area contributed by atoms with Crippen LogP contribution in [0.25, 0.3) is 10.9 Å². The first-order valence-corrected chi connectivity index (χ1v) is 6.99. The molecule has 0 unspecified atom stereocenters. The molecule has 0 aliphatic carbocycles. The zero-order valence-corrected chi connectivity index (χ0v) is 11.0. The fourth-order valence-electron chi connectivity index (χ4n) is 3.40. The lowest BCUT2D eigenvalue weighted by atomic mass is 10.2. The zero-order chi connectivity index (χ0) is 12.8. The first-order valence-electron chi connectivity index (χ1n) is 6.99. The van der Waals surface area contributed by atoms with E-state index in [-0.39, 0.29) is 0 Å². The third kappa shape index (κ3) is 1.91. The van der Waals surface area contributed by atoms with Crippen LogP contribution in [-0.2, 0) is 11.3 Å². The molecule has 0 spiro atoms. The summed E-state index contributed by atoms with van der Waals surface area (Å²) in [5, 5.41) is 1.23. The lowest BCUT2D eigenvalue weighted by Crippen LogP contribution is -2.38. The van der Waals surface area contributed by atoms with Gasteiger partial charge in [-0.15, -0.1) is 0 Å². The van der Waals surface area contributed by atoms with Gasteiger partial charge in [-0.2, -0.15) is 0 Å². The number of fused-ring (bicyclic) bond motifs is 3. The van der Waals surface area contributed by atoms with Gasteiger partial charge in [0.15, 0.2) is 0 Å². The Kier molecular flexibility index (Phi) is 2.53. The van der Waals surface area contributed by atoms with Crippen LogP contribution in [0.1, 0.15) is 6.42 Å². The van der Waals surface area contributed by atoms with Gasteiger partial charge in [0.1, 0.15) is 0 Å². The second kappa shape index (κ2) is 4.25. The highest BCUT2D eigenvalue weighted by Crippen LogP contribution is 2.27. The number of benzene rings is 1. The van der Waals surface area contributed by atoms with E-state index < -0.39 is 0 Å². The lowest BCUT2D eigenvalue weighted by Gasteiger charge is -2.26. The van der Waals surface area contributed by atoms with Gasteiger partial charge >= 0.3 is 0 Å². The summed E-state index contributed by atoms with van der Waals surface area (Å²) < 4.78 is 7.96. The van der Waals surface area contributed by atoms with Gasteiger partial charge in [0.05, 0.1) is 12.7 Å². The number of morpholine rings is 1. The molecule has 4 heteroatoms. The van der Waals surface area contributed by atoms with E-state index in [2.05, 4.69) is 27.8 Å². The van der Waals surface area contributed by atoms with Crippen LogP contribution in [0.3, 0.4) is 0 Å². The van der Waals surface area contributed by atoms with Gasteiger partial charge in [0.2, 0.25) is 0 Å². The van der Waals surface area contributed by atoms with E-state index in [4.69, 9.17) is 10.5 Å². The lowest BCUT2D eigenvalue weighted by molar-refractivity contribution is 0.0295. The highest BCUT2D eigenvalue weighted by molar-refractivity contribution is 5.83. The standard InChI is InChI=1S/C15H19N3O/c16-12-1-2-15-11(7-12)3-4-17(15)5-6-18-9-14-8-13(18)10-19-14/h1-4,7,13-14H,5-6,8-10,16H2/t13-,14-/m1/s1. The molecule has 0 amide bonds. The number of rotatable bonds is 3. The number of hydrogen-bond donors (Lipinski definition) is 1. The minimum atomic E-state index is 0.492. The van der Waals surface area contributed by atoms with E-state index >= 15 is 0 Å². The number of aromatic nitrogens is 1. The summed E-state index contributed by atoms with van der Waals surface area (Å²) in [6, 6.07) is 8.93. The molecule has 2 bridgehead atoms. The van der Waals surface area contributed by atoms with Crippen molar-refractivity contribution in [3.05, 3.63) is 30.5 Å². The van der Waals surface area contributed by atoms with Crippen LogP contribution in [0.5, 0.6) is 0 Å². The van der Waals surface area contributed by atoms with Crippen molar-refractivity contribution in [2.75, 3.05) is 25.4 Å². The molecule has 100 valence electrons. The summed E-state index contributed by atoms with van der Waals surface area (Å²) in [4.78, 5) is 2.57. The smallest absolute Gasteiger partial charge is 0.0718 e. The third-order valence-corrected chi connectivity index (χ3v) is 4.44. The highest BCUT2D eigenvalue weighted by Gasteiger charge is 2.38. The predicted octanol–water partition coefficient (Wildman–Crippen LogP) is 1.70. The fourth-order valence-corrected chi connectivity index (χ4v) is 3.40. The Morgan fingerprint density at radius 2 is 2.21 bits per heavy atom. The van der Waals surface area contributed by atoms with Crippen LogP contribution >= 0.6 is 0 Å². The zero-order valence-electron chi connectivity index (χ0n) is 11.0. The molecule has 2 fully saturated rings. The van der Waals surface area contributed by atoms with Gasteiger partial charge in [-0.1, -0.05) is 0 Å². The number of anilines is 1. The normalized spacial score (nSPS) is 26.5. The Bertz CT molecular complexity index is 606. The van der Waals surface area contributed by atoms with Crippen molar-refractivity contribution in [1.82, 2.24) is 9.47 Å². The molecule has 2 saturated heterocycles. The van der Waals surface area contributed by atoms with Crippen molar-refractivity contribution >= 4 is 16.6 Å². The van der Waals surface area contributed by atoms with Crippen LogP contribution in [0, 0.1) is 0 Å². The van der Waals surface area contributed by atoms with E-state index in [1.807, 2.05) is 12.1 Å². The molecule has 1 aromatic carbocycles. The second-order valence-electron chi connectivity index (χ2n) is 5.67. The van der Waals surface area contributed by atoms with Gasteiger partial charge in [-0.25, -0.2) is 0 Å². The van der Waals surface area contributed by atoms with Crippen LogP contribution in [0.2, 0.25) is 0 Å². The largest absolute Gasteiger partial charge is 0.399 e. The average Bonchev–Trinajstić information content (AvgIpc) is 3.10. The molecule has 0 saturated carbocycles. The molecule has 2 atom stereocenters. The van der Waals surface area contributed by atoms with Gasteiger partial charge in [-0.3, -0.25) is 4.90 Å². The van der Waals surface area contributed by atoms with Crippen LogP contribution in [0.15, 0.2) is 30.5 Å². The van der Waals surface area contributed by atoms with Crippen LogP contribution in [0.4, 0.5) is 5.69 Å². The third-order valence-electron chi connectivity index (χ3n) is 4.44. The van der Waals surface area contributed by atoms with Crippen molar-refractivity contribution in [3.63, 3.8) is 0 Å². The summed E-state index contributed by atoms with van der Waals surface area (Å²) in [6.45, 7) is 4.18. The number of likely N-dealkylation sites (tertiary alicyclic amines) is 1. The summed E-state index contributed by atoms with van der Waals surface area (Å²) in [5.74, 6) is 0. The molecule has 1 aromatic heterocycles. The molecule has 2 N–H and O–H groups in total. The molecule has 3 heterocycles. The van der Waals surface area contributed by atoms with E-state index in [9.17, 15) is 0 Å². The van der Waals surface area contributed by atoms with Crippen molar-refractivity contribution in [2.24, 2.45) is 0 Å². The molecule has 2 aliphatic rings. The summed E-state index contributed by atoms with van der Waals surface area (Å²) in [5.41, 5.74) is 7.92. The van der Waals surface area contributed by atoms with E-state index in [0.29, 0.717) is 12.1 Å². The number of nitrogen functional groups attached to an aromatic ring is 1. The fraction of sp³-hybridized carbons (Fsp3) is 0.467. The molecule has 4 rings (SSSR count). The van der Waals surface area contributed by atoms with Crippen molar-refractivity contribution in [1.29, 1.82) is 0 Å². The van der Waals surface area contributed by atoms with Gasteiger partial charge in [0.25, 0.3) is 0 Å². The van der Waals surface area contributed by atoms with Crippen LogP contribution in [-0.4, -0.2) is 41.3 Å². The summed E-state index contributed by atoms with van der Waals surface area (Å²) in [6.07, 6.45) is 3.88. The SMILES string of the molecule is Nc1ccc2c(ccn2CCN2C[C@H]3C[C@@H]2CO3)c1. The summed E-state index contributed by atoms with van der Waals surface area (Å²) >= 11 is 0. The predicted molar refractivity (Wildman–Crippen MR) is 76.1 cm³/mol. The Labute approximate surface area is 112 Å². The van der Waals surface area contributed by atoms with Crippen molar-refractivity contribution in [3.8, 4) is 0 Å².